The van der Waals surface area contributed by atoms with Crippen molar-refractivity contribution in [3.05, 3.63) is 47.8 Å². The number of hydrogen-bond donors (Lipinski definition) is 2. The van der Waals surface area contributed by atoms with Crippen molar-refractivity contribution in [2.24, 2.45) is 0 Å². The summed E-state index contributed by atoms with van der Waals surface area (Å²) in [6, 6.07) is 12.1. The van der Waals surface area contributed by atoms with Crippen LogP contribution in [0, 0.1) is 12.1 Å². The first-order chi connectivity index (χ1) is 15.0. The number of nitrogens with one attached hydrogen (secondary N) is 2. The van der Waals surface area contributed by atoms with E-state index in [1.54, 1.807) is 13.2 Å². The molecule has 2 aliphatic rings. The smallest absolute Gasteiger partial charge is 0.278 e. The molecule has 3 heterocycles. The van der Waals surface area contributed by atoms with E-state index in [1.165, 1.54) is 0 Å². The van der Waals surface area contributed by atoms with Crippen molar-refractivity contribution >= 4 is 23.2 Å². The van der Waals surface area contributed by atoms with E-state index in [2.05, 4.69) is 50.5 Å². The standard InChI is InChI=1S/C23H27N5O3/c1-4-20-23(30)26-19-13-16(5-8-21(19)31-20)15(2)27-9-11-28(12-10-27)17-6-7-18(25-14-17)22(29)24-3/h5,8,13-15,20H,4,9-12H2,1-3H3,(H,24,29)(H,26,30). The molecule has 1 aromatic heterocycles. The van der Waals surface area contributed by atoms with Crippen molar-refractivity contribution in [2.45, 2.75) is 32.4 Å². The number of piperazine rings is 1. The molecule has 0 saturated carbocycles. The van der Waals surface area contributed by atoms with Crippen LogP contribution < -0.4 is 20.3 Å². The topological polar surface area (TPSA) is 86.8 Å². The van der Waals surface area contributed by atoms with Gasteiger partial charge >= 0.3 is 0 Å². The highest BCUT2D eigenvalue weighted by atomic mass is 16.5. The molecule has 1 aromatic carbocycles. The van der Waals surface area contributed by atoms with Crippen LogP contribution in [0.15, 0.2) is 24.4 Å². The van der Waals surface area contributed by atoms with Crippen LogP contribution in [-0.2, 0) is 4.79 Å². The Morgan fingerprint density at radius 3 is 2.74 bits per heavy atom. The SMILES string of the molecule is CCC1Oc2ccc(C(C)N3CCN(c4c#cc(C(=O)NC)nc4)CC3)cc2NC1=O. The van der Waals surface area contributed by atoms with E-state index in [9.17, 15) is 9.59 Å². The number of fused-ring (bicyclic) bond motifs is 1. The van der Waals surface area contributed by atoms with Crippen LogP contribution in [0.25, 0.3) is 0 Å². The predicted octanol–water partition coefficient (Wildman–Crippen LogP) is 2.03. The largest absolute Gasteiger partial charge is 0.478 e. The zero-order valence-corrected chi connectivity index (χ0v) is 18.1. The molecular formula is C23H27N5O3. The fraction of sp³-hybridized carbons (Fsp3) is 0.435. The molecule has 2 aliphatic heterocycles. The summed E-state index contributed by atoms with van der Waals surface area (Å²) in [7, 11) is 1.57. The molecule has 8 nitrogen and oxygen atoms in total. The number of nitrogens with zero attached hydrogens (tertiary/aromatic N) is 3. The van der Waals surface area contributed by atoms with Gasteiger partial charge in [0.2, 0.25) is 0 Å². The van der Waals surface area contributed by atoms with Gasteiger partial charge in [-0.3, -0.25) is 14.5 Å². The average Bonchev–Trinajstić information content (AvgIpc) is 2.82. The fourth-order valence-electron chi connectivity index (χ4n) is 3.97. The lowest BCUT2D eigenvalue weighted by Gasteiger charge is -2.39. The minimum atomic E-state index is -0.419. The van der Waals surface area contributed by atoms with E-state index in [4.69, 9.17) is 4.74 Å². The predicted molar refractivity (Wildman–Crippen MR) is 117 cm³/mol. The first-order valence-electron chi connectivity index (χ1n) is 10.6. The number of aromatic nitrogens is 1. The van der Waals surface area contributed by atoms with Crippen LogP contribution in [0.4, 0.5) is 11.4 Å². The molecule has 162 valence electrons. The Kier molecular flexibility index (Phi) is 5.96. The molecule has 0 spiro atoms. The highest BCUT2D eigenvalue weighted by Crippen LogP contribution is 2.34. The fourth-order valence-corrected chi connectivity index (χ4v) is 3.97. The van der Waals surface area contributed by atoms with E-state index in [1.807, 2.05) is 19.1 Å². The number of anilines is 2. The van der Waals surface area contributed by atoms with E-state index in [0.717, 1.165) is 48.9 Å². The van der Waals surface area contributed by atoms with Gasteiger partial charge in [-0.25, -0.2) is 4.98 Å². The summed E-state index contributed by atoms with van der Waals surface area (Å²) in [6.07, 6.45) is 1.90. The number of carbonyl (C=O) groups excluding carboxylic acids is 2. The van der Waals surface area contributed by atoms with Crippen molar-refractivity contribution < 1.29 is 14.3 Å². The molecular weight excluding hydrogens is 394 g/mol. The van der Waals surface area contributed by atoms with Crippen LogP contribution in [0.5, 0.6) is 5.75 Å². The number of carbonyl (C=O) groups is 2. The lowest BCUT2D eigenvalue weighted by molar-refractivity contribution is -0.123. The second-order valence-electron chi connectivity index (χ2n) is 7.78. The molecule has 0 radical (unpaired) electrons. The van der Waals surface area contributed by atoms with Crippen molar-refractivity contribution in [1.82, 2.24) is 15.2 Å². The van der Waals surface area contributed by atoms with Gasteiger partial charge in [0.15, 0.2) is 11.8 Å². The van der Waals surface area contributed by atoms with E-state index >= 15 is 0 Å². The summed E-state index contributed by atoms with van der Waals surface area (Å²) < 4.78 is 5.80. The molecule has 0 bridgehead atoms. The molecule has 2 unspecified atom stereocenters. The zero-order chi connectivity index (χ0) is 22.0. The molecule has 4 rings (SSSR count). The highest BCUT2D eigenvalue weighted by molar-refractivity contribution is 5.97. The van der Waals surface area contributed by atoms with Gasteiger partial charge in [0.1, 0.15) is 11.4 Å². The number of hydrogen-bond acceptors (Lipinski definition) is 6. The highest BCUT2D eigenvalue weighted by Gasteiger charge is 2.28. The monoisotopic (exact) mass is 421 g/mol. The van der Waals surface area contributed by atoms with Crippen molar-refractivity contribution in [1.29, 1.82) is 0 Å². The molecule has 2 amide bonds. The van der Waals surface area contributed by atoms with Crippen molar-refractivity contribution in [3.63, 3.8) is 0 Å². The van der Waals surface area contributed by atoms with Gasteiger partial charge in [0, 0.05) is 39.3 Å². The minimum absolute atomic E-state index is 0.0856. The molecule has 2 N–H and O–H groups in total. The molecule has 31 heavy (non-hydrogen) atoms. The zero-order valence-electron chi connectivity index (χ0n) is 18.1. The Morgan fingerprint density at radius 1 is 1.32 bits per heavy atom. The maximum Gasteiger partial charge on any atom is 0.278 e. The van der Waals surface area contributed by atoms with Crippen LogP contribution in [0.1, 0.15) is 42.4 Å². The Bertz CT molecular complexity index is 954. The molecule has 2 aromatic rings. The Morgan fingerprint density at radius 2 is 2.10 bits per heavy atom. The summed E-state index contributed by atoms with van der Waals surface area (Å²) in [5.41, 5.74) is 2.97. The number of rotatable bonds is 5. The molecule has 2 atom stereocenters. The van der Waals surface area contributed by atoms with Gasteiger partial charge in [-0.05, 0) is 43.2 Å². The summed E-state index contributed by atoms with van der Waals surface area (Å²) >= 11 is 0. The lowest BCUT2D eigenvalue weighted by atomic mass is 10.0. The number of amides is 2. The van der Waals surface area contributed by atoms with Gasteiger partial charge in [0.05, 0.1) is 11.9 Å². The Hall–Kier alpha value is -3.31. The maximum absolute atomic E-state index is 12.1. The van der Waals surface area contributed by atoms with E-state index < -0.39 is 6.10 Å². The summed E-state index contributed by atoms with van der Waals surface area (Å²) in [5, 5.41) is 5.51. The third-order valence-corrected chi connectivity index (χ3v) is 5.95. The Labute approximate surface area is 182 Å². The lowest BCUT2D eigenvalue weighted by Crippen LogP contribution is -2.47. The van der Waals surface area contributed by atoms with Crippen LogP contribution >= 0.6 is 0 Å². The summed E-state index contributed by atoms with van der Waals surface area (Å²) in [6.45, 7) is 7.54. The maximum atomic E-state index is 12.1. The molecule has 1 fully saturated rings. The van der Waals surface area contributed by atoms with Crippen molar-refractivity contribution in [2.75, 3.05) is 43.4 Å². The van der Waals surface area contributed by atoms with Gasteiger partial charge in [0.25, 0.3) is 11.8 Å². The third kappa shape index (κ3) is 4.28. The van der Waals surface area contributed by atoms with Gasteiger partial charge in [-0.15, -0.1) is 0 Å². The molecule has 8 heteroatoms. The van der Waals surface area contributed by atoms with Gasteiger partial charge in [-0.1, -0.05) is 13.0 Å². The number of ether oxygens (including phenoxy) is 1. The van der Waals surface area contributed by atoms with E-state index in [0.29, 0.717) is 6.42 Å². The van der Waals surface area contributed by atoms with Crippen LogP contribution in [0.2, 0.25) is 0 Å². The minimum Gasteiger partial charge on any atom is -0.478 e. The summed E-state index contributed by atoms with van der Waals surface area (Å²) in [5.74, 6) is 0.377. The normalized spacial score (nSPS) is 19.5. The quantitative estimate of drug-likeness (QED) is 0.768. The van der Waals surface area contributed by atoms with Gasteiger partial charge < -0.3 is 20.3 Å². The van der Waals surface area contributed by atoms with Gasteiger partial charge in [-0.2, -0.15) is 0 Å². The van der Waals surface area contributed by atoms with Crippen molar-refractivity contribution in [3.8, 4) is 5.75 Å². The van der Waals surface area contributed by atoms with Crippen LogP contribution in [-0.4, -0.2) is 61.0 Å². The first-order valence-corrected chi connectivity index (χ1v) is 10.6. The second kappa shape index (κ2) is 8.82. The first kappa shape index (κ1) is 20.9. The number of benzene rings is 1. The third-order valence-electron chi connectivity index (χ3n) is 5.95. The molecule has 1 saturated heterocycles. The van der Waals surface area contributed by atoms with E-state index in [-0.39, 0.29) is 23.6 Å². The average molecular weight is 422 g/mol. The summed E-state index contributed by atoms with van der Waals surface area (Å²) in [4.78, 5) is 32.5. The van der Waals surface area contributed by atoms with Crippen LogP contribution in [0.3, 0.4) is 0 Å². The second-order valence-corrected chi connectivity index (χ2v) is 7.78. The Balaban J connectivity index is 1.38. The molecule has 0 aliphatic carbocycles.